The van der Waals surface area contributed by atoms with Crippen LogP contribution >= 0.6 is 0 Å². The summed E-state index contributed by atoms with van der Waals surface area (Å²) in [6.45, 7) is 0.585. The van der Waals surface area contributed by atoms with Crippen LogP contribution < -0.4 is 10.5 Å². The highest BCUT2D eigenvalue weighted by Crippen LogP contribution is 2.55. The molecule has 1 fully saturated rings. The molecular formula is C11H12FNO. The van der Waals surface area contributed by atoms with Crippen molar-refractivity contribution in [1.29, 1.82) is 0 Å². The molecule has 1 aromatic rings. The third-order valence-electron chi connectivity index (χ3n) is 3.43. The van der Waals surface area contributed by atoms with E-state index in [2.05, 4.69) is 0 Å². The summed E-state index contributed by atoms with van der Waals surface area (Å²) >= 11 is 0. The lowest BCUT2D eigenvalue weighted by molar-refractivity contribution is 0.245. The van der Waals surface area contributed by atoms with E-state index >= 15 is 0 Å². The Morgan fingerprint density at radius 3 is 3.00 bits per heavy atom. The van der Waals surface area contributed by atoms with E-state index in [9.17, 15) is 4.39 Å². The van der Waals surface area contributed by atoms with E-state index in [-0.39, 0.29) is 17.3 Å². The summed E-state index contributed by atoms with van der Waals surface area (Å²) in [6, 6.07) is 5.29. The first-order valence-corrected chi connectivity index (χ1v) is 4.91. The third-order valence-corrected chi connectivity index (χ3v) is 3.43. The van der Waals surface area contributed by atoms with Crippen molar-refractivity contribution in [3.63, 3.8) is 0 Å². The first-order valence-electron chi connectivity index (χ1n) is 4.91. The molecule has 0 radical (unpaired) electrons. The lowest BCUT2D eigenvalue weighted by Gasteiger charge is -2.26. The molecule has 2 atom stereocenters. The van der Waals surface area contributed by atoms with Crippen molar-refractivity contribution in [2.45, 2.75) is 24.3 Å². The van der Waals surface area contributed by atoms with Crippen molar-refractivity contribution in [3.8, 4) is 5.75 Å². The minimum atomic E-state index is -0.263. The molecule has 1 saturated carbocycles. The Kier molecular flexibility index (Phi) is 1.46. The predicted molar refractivity (Wildman–Crippen MR) is 50.8 cm³/mol. The molecule has 1 aliphatic carbocycles. The summed E-state index contributed by atoms with van der Waals surface area (Å²) in [5, 5.41) is 0. The van der Waals surface area contributed by atoms with Crippen molar-refractivity contribution >= 4 is 0 Å². The van der Waals surface area contributed by atoms with Gasteiger partial charge in [0.25, 0.3) is 0 Å². The monoisotopic (exact) mass is 193 g/mol. The number of para-hydroxylation sites is 1. The third kappa shape index (κ3) is 0.879. The number of benzene rings is 1. The van der Waals surface area contributed by atoms with Crippen molar-refractivity contribution in [2.24, 2.45) is 5.73 Å². The second-order valence-electron chi connectivity index (χ2n) is 4.18. The Bertz CT molecular complexity index is 393. The van der Waals surface area contributed by atoms with Gasteiger partial charge in [-0.1, -0.05) is 12.1 Å². The summed E-state index contributed by atoms with van der Waals surface area (Å²) in [5.74, 6) is 0.160. The Labute approximate surface area is 81.9 Å². The van der Waals surface area contributed by atoms with E-state index in [1.54, 1.807) is 6.07 Å². The Morgan fingerprint density at radius 2 is 2.29 bits per heavy atom. The van der Waals surface area contributed by atoms with Gasteiger partial charge in [0.1, 0.15) is 0 Å². The summed E-state index contributed by atoms with van der Waals surface area (Å²) in [5.41, 5.74) is 6.91. The van der Waals surface area contributed by atoms with Crippen LogP contribution in [0.1, 0.15) is 18.4 Å². The smallest absolute Gasteiger partial charge is 0.165 e. The summed E-state index contributed by atoms with van der Waals surface area (Å²) < 4.78 is 18.8. The van der Waals surface area contributed by atoms with Crippen molar-refractivity contribution in [3.05, 3.63) is 29.6 Å². The molecule has 0 amide bonds. The number of fused-ring (bicyclic) bond motifs is 2. The number of rotatable bonds is 0. The highest BCUT2D eigenvalue weighted by atomic mass is 19.1. The minimum absolute atomic E-state index is 0.0235. The second kappa shape index (κ2) is 2.48. The van der Waals surface area contributed by atoms with E-state index in [4.69, 9.17) is 10.5 Å². The summed E-state index contributed by atoms with van der Waals surface area (Å²) in [4.78, 5) is 0. The molecule has 2 unspecified atom stereocenters. The quantitative estimate of drug-likeness (QED) is 0.679. The zero-order chi connectivity index (χ0) is 9.76. The number of nitrogens with two attached hydrogens (primary N) is 1. The maximum Gasteiger partial charge on any atom is 0.165 e. The normalized spacial score (nSPS) is 33.7. The molecule has 2 N–H and O–H groups in total. The molecular weight excluding hydrogens is 181 g/mol. The van der Waals surface area contributed by atoms with E-state index < -0.39 is 0 Å². The fourth-order valence-corrected chi connectivity index (χ4v) is 2.45. The van der Waals surface area contributed by atoms with Crippen LogP contribution in [0.3, 0.4) is 0 Å². The predicted octanol–water partition coefficient (Wildman–Crippen LogP) is 1.58. The van der Waals surface area contributed by atoms with Gasteiger partial charge in [-0.3, -0.25) is 0 Å². The van der Waals surface area contributed by atoms with E-state index in [1.165, 1.54) is 6.07 Å². The molecule has 2 aliphatic rings. The average molecular weight is 193 g/mol. The fraction of sp³-hybridized carbons (Fsp3) is 0.455. The number of hydrogen-bond donors (Lipinski definition) is 1. The SMILES string of the molecule is NC1CC12CCOc1c(F)cccc12. The standard InChI is InChI=1S/C11H12FNO/c12-8-3-1-2-7-10(8)14-5-4-11(7)6-9(11)13/h1-3,9H,4-6,13H2. The first kappa shape index (κ1) is 8.24. The molecule has 0 aromatic heterocycles. The number of hydrogen-bond acceptors (Lipinski definition) is 2. The number of halogens is 1. The van der Waals surface area contributed by atoms with Crippen molar-refractivity contribution in [1.82, 2.24) is 0 Å². The van der Waals surface area contributed by atoms with E-state index in [1.807, 2.05) is 6.07 Å². The van der Waals surface area contributed by atoms with Crippen LogP contribution in [0.5, 0.6) is 5.75 Å². The minimum Gasteiger partial charge on any atom is -0.490 e. The van der Waals surface area contributed by atoms with E-state index in [0.29, 0.717) is 12.4 Å². The molecule has 1 spiro atoms. The van der Waals surface area contributed by atoms with E-state index in [0.717, 1.165) is 18.4 Å². The first-order chi connectivity index (χ1) is 6.74. The maximum atomic E-state index is 13.4. The summed E-state index contributed by atoms with van der Waals surface area (Å²) in [6.07, 6.45) is 1.89. The van der Waals surface area contributed by atoms with Crippen molar-refractivity contribution < 1.29 is 9.13 Å². The van der Waals surface area contributed by atoms with Gasteiger partial charge in [0.2, 0.25) is 0 Å². The van der Waals surface area contributed by atoms with Crippen LogP contribution in [0.15, 0.2) is 18.2 Å². The van der Waals surface area contributed by atoms with Gasteiger partial charge in [0.05, 0.1) is 6.61 Å². The topological polar surface area (TPSA) is 35.2 Å². The van der Waals surface area contributed by atoms with Gasteiger partial charge in [-0.2, -0.15) is 0 Å². The molecule has 0 saturated heterocycles. The zero-order valence-corrected chi connectivity index (χ0v) is 7.79. The Hall–Kier alpha value is -1.09. The van der Waals surface area contributed by atoms with Gasteiger partial charge in [-0.25, -0.2) is 4.39 Å². The molecule has 1 aliphatic heterocycles. The number of ether oxygens (including phenoxy) is 1. The van der Waals surface area contributed by atoms with Gasteiger partial charge in [0.15, 0.2) is 11.6 Å². The molecule has 3 rings (SSSR count). The van der Waals surface area contributed by atoms with Gasteiger partial charge in [-0.05, 0) is 18.9 Å². The molecule has 1 aromatic carbocycles. The Morgan fingerprint density at radius 1 is 1.50 bits per heavy atom. The summed E-state index contributed by atoms with van der Waals surface area (Å²) in [7, 11) is 0. The highest BCUT2D eigenvalue weighted by Gasteiger charge is 2.56. The largest absolute Gasteiger partial charge is 0.490 e. The average Bonchev–Trinajstić information content (AvgIpc) is 2.80. The second-order valence-corrected chi connectivity index (χ2v) is 4.18. The van der Waals surface area contributed by atoms with Crippen LogP contribution in [0.25, 0.3) is 0 Å². The maximum absolute atomic E-state index is 13.4. The van der Waals surface area contributed by atoms with Crippen LogP contribution in [0, 0.1) is 5.82 Å². The molecule has 1 heterocycles. The lowest BCUT2D eigenvalue weighted by Crippen LogP contribution is -2.26. The van der Waals surface area contributed by atoms with Crippen LogP contribution in [0.4, 0.5) is 4.39 Å². The van der Waals surface area contributed by atoms with Gasteiger partial charge < -0.3 is 10.5 Å². The van der Waals surface area contributed by atoms with Gasteiger partial charge in [-0.15, -0.1) is 0 Å². The van der Waals surface area contributed by atoms with Crippen molar-refractivity contribution in [2.75, 3.05) is 6.61 Å². The van der Waals surface area contributed by atoms with Gasteiger partial charge in [0, 0.05) is 17.0 Å². The van der Waals surface area contributed by atoms with Crippen LogP contribution in [0.2, 0.25) is 0 Å². The van der Waals surface area contributed by atoms with Gasteiger partial charge >= 0.3 is 0 Å². The molecule has 0 bridgehead atoms. The molecule has 2 nitrogen and oxygen atoms in total. The fourth-order valence-electron chi connectivity index (χ4n) is 2.45. The lowest BCUT2D eigenvalue weighted by atomic mass is 9.89. The zero-order valence-electron chi connectivity index (χ0n) is 7.79. The van der Waals surface area contributed by atoms with Crippen LogP contribution in [-0.2, 0) is 5.41 Å². The Balaban J connectivity index is 2.16. The molecule has 14 heavy (non-hydrogen) atoms. The van der Waals surface area contributed by atoms with Crippen LogP contribution in [-0.4, -0.2) is 12.6 Å². The molecule has 3 heteroatoms. The molecule has 74 valence electrons. The highest BCUT2D eigenvalue weighted by molar-refractivity contribution is 5.48.